The Morgan fingerprint density at radius 1 is 0.791 bits per heavy atom. The molecule has 2 aliphatic rings. The maximum Gasteiger partial charge on any atom is 0.265 e. The van der Waals surface area contributed by atoms with Gasteiger partial charge in [-0.15, -0.1) is 0 Å². The van der Waals surface area contributed by atoms with Crippen molar-refractivity contribution >= 4 is 102 Å². The van der Waals surface area contributed by atoms with Crippen LogP contribution in [0.3, 0.4) is 0 Å². The molecule has 8 nitrogen and oxygen atoms in total. The molecule has 0 saturated carbocycles. The van der Waals surface area contributed by atoms with Crippen molar-refractivity contribution in [1.29, 1.82) is 0 Å². The van der Waals surface area contributed by atoms with Gasteiger partial charge < -0.3 is 0 Å². The Bertz CT molecular complexity index is 1690. The molecule has 2 aromatic carbocycles. The van der Waals surface area contributed by atoms with Gasteiger partial charge in [0, 0.05) is 31.1 Å². The summed E-state index contributed by atoms with van der Waals surface area (Å²) in [6, 6.07) is 7.29. The van der Waals surface area contributed by atoms with Gasteiger partial charge in [0.25, 0.3) is 20.2 Å². The van der Waals surface area contributed by atoms with Gasteiger partial charge in [0.05, 0.1) is 67.6 Å². The fraction of sp³-hybridized carbons (Fsp3) is 0.407. The number of halogens is 4. The average Bonchev–Trinajstić information content (AvgIpc) is 3.35. The summed E-state index contributed by atoms with van der Waals surface area (Å²) in [5, 5.41) is 2.45. The highest BCUT2D eigenvalue weighted by Crippen LogP contribution is 2.54. The summed E-state index contributed by atoms with van der Waals surface area (Å²) in [5.74, 6) is -0.714. The van der Waals surface area contributed by atoms with Crippen LogP contribution in [0, 0.1) is 0 Å². The molecule has 3 unspecified atom stereocenters. The lowest BCUT2D eigenvalue weighted by molar-refractivity contribution is 0.298. The van der Waals surface area contributed by atoms with Crippen molar-refractivity contribution in [2.75, 3.05) is 37.7 Å². The topological polar surface area (TPSA) is 109 Å². The largest absolute Gasteiger partial charge is 0.286 e. The molecule has 236 valence electrons. The van der Waals surface area contributed by atoms with Crippen molar-refractivity contribution < 1.29 is 25.9 Å². The number of fused-ring (bicyclic) bond motifs is 2. The molecular formula is C27H32Cl4N2O6S4+2. The second kappa shape index (κ2) is 13.7. The average molecular weight is 751 g/mol. The monoisotopic (exact) mass is 748 g/mol. The SMILES string of the molecule is CC[N+]1(CCCS(=O)(=O)O)/C(=C\C=C/C2Sc3cc(Cl)c(Cl)cc3[N+]2(CC)CCCS(=O)(=O)O)Sc2cc(Cl)c(Cl)cc21. The Hall–Kier alpha value is -0.480. The predicted octanol–water partition coefficient (Wildman–Crippen LogP) is 8.15. The Morgan fingerprint density at radius 3 is 1.88 bits per heavy atom. The molecule has 0 saturated heterocycles. The number of allylic oxidation sites excluding steroid dienone is 2. The molecule has 4 rings (SSSR count). The van der Waals surface area contributed by atoms with Crippen LogP contribution in [0.4, 0.5) is 11.4 Å². The summed E-state index contributed by atoms with van der Waals surface area (Å²) < 4.78 is 65.5. The fourth-order valence-corrected chi connectivity index (χ4v) is 10.4. The second-order valence-electron chi connectivity index (χ2n) is 10.3. The molecule has 0 aromatic heterocycles. The van der Waals surface area contributed by atoms with E-state index in [1.807, 2.05) is 50.3 Å². The van der Waals surface area contributed by atoms with E-state index in [2.05, 4.69) is 6.08 Å². The van der Waals surface area contributed by atoms with E-state index in [0.717, 1.165) is 26.2 Å². The van der Waals surface area contributed by atoms with E-state index >= 15 is 0 Å². The van der Waals surface area contributed by atoms with Crippen LogP contribution in [0.25, 0.3) is 0 Å². The van der Waals surface area contributed by atoms with Gasteiger partial charge in [-0.05, 0) is 43.8 Å². The van der Waals surface area contributed by atoms with Gasteiger partial charge >= 0.3 is 0 Å². The Kier molecular flexibility index (Phi) is 11.3. The van der Waals surface area contributed by atoms with Crippen LogP contribution in [-0.4, -0.2) is 69.0 Å². The molecule has 0 bridgehead atoms. The number of rotatable bonds is 12. The van der Waals surface area contributed by atoms with Crippen LogP contribution in [-0.2, 0) is 20.2 Å². The molecule has 0 radical (unpaired) electrons. The van der Waals surface area contributed by atoms with Crippen LogP contribution < -0.4 is 8.97 Å². The minimum absolute atomic E-state index is 0.145. The van der Waals surface area contributed by atoms with Crippen molar-refractivity contribution in [3.05, 3.63) is 67.6 Å². The Balaban J connectivity index is 1.72. The van der Waals surface area contributed by atoms with Gasteiger partial charge in [0.1, 0.15) is 5.69 Å². The number of quaternary nitrogens is 2. The number of thioether (sulfide) groups is 2. The lowest BCUT2D eigenvalue weighted by Gasteiger charge is -2.37. The zero-order valence-corrected chi connectivity index (χ0v) is 29.6. The van der Waals surface area contributed by atoms with E-state index in [4.69, 9.17) is 46.4 Å². The molecular weight excluding hydrogens is 718 g/mol. The van der Waals surface area contributed by atoms with Crippen LogP contribution in [0.1, 0.15) is 26.7 Å². The highest BCUT2D eigenvalue weighted by molar-refractivity contribution is 8.03. The molecule has 2 aromatic rings. The standard InChI is InChI=1S/C27H30Cl4N2O6S4/c1-3-32(10-6-12-42(34,35)36)22-14-18(28)20(30)16-24(22)40-26(32)8-5-9-27-33(4-2,11-7-13-43(37,38)39)23-15-19(29)21(31)17-25(23)41-27/h5,8-9,14-17,26H,3-4,6-7,10-13H2,1-2H3/p+2/b8-5-,27-9+. The molecule has 0 fully saturated rings. The summed E-state index contributed by atoms with van der Waals surface area (Å²) >= 11 is 28.6. The molecule has 43 heavy (non-hydrogen) atoms. The Morgan fingerprint density at radius 2 is 1.33 bits per heavy atom. The fourth-order valence-electron chi connectivity index (χ4n) is 5.71. The van der Waals surface area contributed by atoms with Gasteiger partial charge in [-0.3, -0.25) is 18.1 Å². The van der Waals surface area contributed by atoms with Gasteiger partial charge in [-0.2, -0.15) is 16.8 Å². The molecule has 2 heterocycles. The summed E-state index contributed by atoms with van der Waals surface area (Å²) in [5.41, 5.74) is 1.85. The first-order chi connectivity index (χ1) is 20.0. The highest BCUT2D eigenvalue weighted by atomic mass is 35.5. The molecule has 2 N–H and O–H groups in total. The summed E-state index contributed by atoms with van der Waals surface area (Å²) in [7, 11) is -8.25. The zero-order valence-electron chi connectivity index (χ0n) is 23.3. The maximum absolute atomic E-state index is 11.5. The first kappa shape index (κ1) is 35.4. The van der Waals surface area contributed by atoms with Crippen LogP contribution >= 0.6 is 69.9 Å². The molecule has 0 aliphatic carbocycles. The number of hydrogen-bond acceptors (Lipinski definition) is 6. The van der Waals surface area contributed by atoms with Crippen molar-refractivity contribution in [2.24, 2.45) is 0 Å². The molecule has 16 heteroatoms. The zero-order chi connectivity index (χ0) is 31.8. The first-order valence-electron chi connectivity index (χ1n) is 13.4. The van der Waals surface area contributed by atoms with Crippen LogP contribution in [0.2, 0.25) is 20.1 Å². The summed E-state index contributed by atoms with van der Waals surface area (Å²) in [4.78, 5) is 1.86. The van der Waals surface area contributed by atoms with Gasteiger partial charge in [0.2, 0.25) is 0 Å². The number of nitrogens with zero attached hydrogens (tertiary/aromatic N) is 2. The van der Waals surface area contributed by atoms with E-state index in [1.54, 1.807) is 11.8 Å². The third-order valence-corrected chi connectivity index (χ3v) is 13.5. The normalized spacial score (nSPS) is 24.7. The van der Waals surface area contributed by atoms with Crippen molar-refractivity contribution in [3.8, 4) is 0 Å². The van der Waals surface area contributed by atoms with E-state index in [1.165, 1.54) is 11.8 Å². The van der Waals surface area contributed by atoms with E-state index in [9.17, 15) is 25.9 Å². The lowest BCUT2D eigenvalue weighted by Crippen LogP contribution is -2.53. The third-order valence-electron chi connectivity index (χ3n) is 7.84. The number of hydrogen-bond donors (Lipinski definition) is 2. The van der Waals surface area contributed by atoms with Crippen molar-refractivity contribution in [3.63, 3.8) is 0 Å². The van der Waals surface area contributed by atoms with E-state index in [0.29, 0.717) is 55.2 Å². The quantitative estimate of drug-likeness (QED) is 0.165. The maximum atomic E-state index is 11.5. The Labute approximate surface area is 281 Å². The summed E-state index contributed by atoms with van der Waals surface area (Å²) in [6.07, 6.45) is 6.49. The second-order valence-corrected chi connectivity index (χ2v) is 17.3. The smallest absolute Gasteiger partial charge is 0.265 e. The molecule has 0 spiro atoms. The van der Waals surface area contributed by atoms with Crippen LogP contribution in [0.5, 0.6) is 0 Å². The predicted molar refractivity (Wildman–Crippen MR) is 182 cm³/mol. The van der Waals surface area contributed by atoms with Gasteiger partial charge in [-0.1, -0.05) is 64.2 Å². The molecule has 2 aliphatic heterocycles. The minimum Gasteiger partial charge on any atom is -0.286 e. The number of likely N-dealkylation sites (N-methyl/N-ethyl adjacent to an activating group) is 1. The minimum atomic E-state index is -4.13. The molecule has 0 amide bonds. The summed E-state index contributed by atoms with van der Waals surface area (Å²) in [6.45, 7) is 6.14. The van der Waals surface area contributed by atoms with Gasteiger partial charge in [-0.25, -0.2) is 0 Å². The lowest BCUT2D eigenvalue weighted by atomic mass is 10.2. The van der Waals surface area contributed by atoms with Crippen molar-refractivity contribution in [1.82, 2.24) is 8.97 Å². The van der Waals surface area contributed by atoms with Gasteiger partial charge in [0.15, 0.2) is 16.1 Å². The van der Waals surface area contributed by atoms with Crippen LogP contribution in [0.15, 0.2) is 57.3 Å². The third kappa shape index (κ3) is 7.74. The van der Waals surface area contributed by atoms with E-state index < -0.39 is 20.2 Å². The molecule has 3 atom stereocenters. The highest BCUT2D eigenvalue weighted by Gasteiger charge is 2.46. The number of benzene rings is 2. The van der Waals surface area contributed by atoms with Crippen molar-refractivity contribution in [2.45, 2.75) is 41.9 Å². The van der Waals surface area contributed by atoms with E-state index in [-0.39, 0.29) is 29.7 Å². The first-order valence-corrected chi connectivity index (χ1v) is 19.8.